The largest absolute Gasteiger partial charge is 0.462 e. The lowest BCUT2D eigenvalue weighted by atomic mass is 9.95. The van der Waals surface area contributed by atoms with Crippen molar-refractivity contribution in [3.8, 4) is 0 Å². The molecule has 6 nitrogen and oxygen atoms in total. The zero-order valence-electron chi connectivity index (χ0n) is 16.8. The van der Waals surface area contributed by atoms with E-state index in [1.165, 1.54) is 0 Å². The first kappa shape index (κ1) is 21.4. The molecule has 0 spiro atoms. The van der Waals surface area contributed by atoms with Crippen molar-refractivity contribution in [3.63, 3.8) is 0 Å². The van der Waals surface area contributed by atoms with Gasteiger partial charge in [-0.05, 0) is 50.3 Å². The van der Waals surface area contributed by atoms with Gasteiger partial charge in [-0.3, -0.25) is 4.79 Å². The van der Waals surface area contributed by atoms with Crippen LogP contribution in [0.3, 0.4) is 0 Å². The summed E-state index contributed by atoms with van der Waals surface area (Å²) in [4.78, 5) is 29.2. The Morgan fingerprint density at radius 3 is 2.71 bits per heavy atom. The number of carbonyl (C=O) groups excluding carboxylic acids is 2. The lowest BCUT2D eigenvalue weighted by Crippen LogP contribution is -2.22. The highest BCUT2D eigenvalue weighted by molar-refractivity contribution is 5.99. The Bertz CT molecular complexity index is 794. The Labute approximate surface area is 166 Å². The van der Waals surface area contributed by atoms with E-state index in [1.807, 2.05) is 44.2 Å². The van der Waals surface area contributed by atoms with Crippen LogP contribution in [0.25, 0.3) is 0 Å². The molecule has 28 heavy (non-hydrogen) atoms. The number of aryl methyl sites for hydroxylation is 2. The first-order chi connectivity index (χ1) is 13.5. The van der Waals surface area contributed by atoms with Crippen molar-refractivity contribution in [1.82, 2.24) is 5.32 Å². The summed E-state index contributed by atoms with van der Waals surface area (Å²) in [5.41, 5.74) is 3.98. The van der Waals surface area contributed by atoms with E-state index < -0.39 is 0 Å². The third-order valence-corrected chi connectivity index (χ3v) is 4.29. The number of hydrogen-bond acceptors (Lipinski definition) is 5. The first-order valence-corrected chi connectivity index (χ1v) is 9.49. The summed E-state index contributed by atoms with van der Waals surface area (Å²) in [7, 11) is 1.54. The topological polar surface area (TPSA) is 77.0 Å². The van der Waals surface area contributed by atoms with E-state index in [-0.39, 0.29) is 18.5 Å². The van der Waals surface area contributed by atoms with Crippen LogP contribution in [0.15, 0.2) is 41.6 Å². The summed E-state index contributed by atoms with van der Waals surface area (Å²) >= 11 is 0. The SMILES string of the molecule is CNC(=O)CO/N=C1\C=C\CC/C=C/CCOC(=O)c2c(C)cc(C)cc2C1. The van der Waals surface area contributed by atoms with Gasteiger partial charge < -0.3 is 14.9 Å². The number of benzene rings is 1. The van der Waals surface area contributed by atoms with Crippen molar-refractivity contribution in [2.45, 2.75) is 39.5 Å². The van der Waals surface area contributed by atoms with Crippen LogP contribution in [0.1, 0.15) is 46.3 Å². The summed E-state index contributed by atoms with van der Waals surface area (Å²) in [5, 5.41) is 6.61. The summed E-state index contributed by atoms with van der Waals surface area (Å²) in [6.07, 6.45) is 10.9. The zero-order valence-corrected chi connectivity index (χ0v) is 16.8. The van der Waals surface area contributed by atoms with Crippen LogP contribution < -0.4 is 5.32 Å². The van der Waals surface area contributed by atoms with Crippen molar-refractivity contribution < 1.29 is 19.2 Å². The van der Waals surface area contributed by atoms with E-state index in [1.54, 1.807) is 7.05 Å². The number of allylic oxidation sites excluding steroid dienone is 3. The van der Waals surface area contributed by atoms with Crippen LogP contribution in [0.2, 0.25) is 0 Å². The van der Waals surface area contributed by atoms with E-state index >= 15 is 0 Å². The number of ether oxygens (including phenoxy) is 1. The van der Waals surface area contributed by atoms with Crippen molar-refractivity contribution in [2.24, 2.45) is 5.16 Å². The van der Waals surface area contributed by atoms with E-state index in [0.29, 0.717) is 30.7 Å². The summed E-state index contributed by atoms with van der Waals surface area (Å²) in [5.74, 6) is -0.581. The third-order valence-electron chi connectivity index (χ3n) is 4.29. The third kappa shape index (κ3) is 6.68. The number of nitrogens with one attached hydrogen (secondary N) is 1. The van der Waals surface area contributed by atoms with Crippen LogP contribution >= 0.6 is 0 Å². The van der Waals surface area contributed by atoms with Crippen molar-refractivity contribution in [2.75, 3.05) is 20.3 Å². The number of rotatable bonds is 3. The molecule has 0 atom stereocenters. The maximum absolute atomic E-state index is 12.7. The van der Waals surface area contributed by atoms with Crippen molar-refractivity contribution >= 4 is 17.6 Å². The number of oxime groups is 1. The molecular formula is C22H28N2O4. The standard InChI is InChI=1S/C22H28N2O4/c1-16-12-17(2)21-18(13-16)14-19(24-28-15-20(25)23-3)10-8-6-4-5-7-9-11-27-22(21)26/h5,7-8,10,12-13H,4,6,9,11,14-15H2,1-3H3,(H,23,25)/b7-5+,10-8+,24-19+. The van der Waals surface area contributed by atoms with E-state index in [0.717, 1.165) is 29.5 Å². The van der Waals surface area contributed by atoms with Crippen LogP contribution in [-0.4, -0.2) is 37.8 Å². The molecule has 1 aromatic carbocycles. The van der Waals surface area contributed by atoms with Gasteiger partial charge >= 0.3 is 5.97 Å². The number of hydrogen-bond donors (Lipinski definition) is 1. The second-order valence-corrected chi connectivity index (χ2v) is 6.70. The second kappa shape index (κ2) is 11.1. The summed E-state index contributed by atoms with van der Waals surface area (Å²) in [6, 6.07) is 3.94. The molecule has 1 N–H and O–H groups in total. The Kier molecular flexibility index (Phi) is 8.46. The predicted molar refractivity (Wildman–Crippen MR) is 109 cm³/mol. The number of amides is 1. The maximum atomic E-state index is 12.7. The fourth-order valence-electron chi connectivity index (χ4n) is 2.99. The Balaban J connectivity index is 2.36. The molecule has 150 valence electrons. The highest BCUT2D eigenvalue weighted by Gasteiger charge is 2.18. The molecule has 0 unspecified atom stereocenters. The second-order valence-electron chi connectivity index (χ2n) is 6.70. The Morgan fingerprint density at radius 2 is 1.93 bits per heavy atom. The monoisotopic (exact) mass is 384 g/mol. The molecular weight excluding hydrogens is 356 g/mol. The molecule has 6 heteroatoms. The predicted octanol–water partition coefficient (Wildman–Crippen LogP) is 3.42. The molecule has 0 fully saturated rings. The molecule has 0 radical (unpaired) electrons. The van der Waals surface area contributed by atoms with Gasteiger partial charge in [0.1, 0.15) is 0 Å². The highest BCUT2D eigenvalue weighted by Crippen LogP contribution is 2.20. The van der Waals surface area contributed by atoms with Crippen molar-refractivity contribution in [1.29, 1.82) is 0 Å². The molecule has 1 amide bonds. The molecule has 0 saturated heterocycles. The lowest BCUT2D eigenvalue weighted by molar-refractivity contribution is -0.125. The molecule has 1 heterocycles. The van der Waals surface area contributed by atoms with E-state index in [9.17, 15) is 9.59 Å². The molecule has 1 aliphatic heterocycles. The first-order valence-electron chi connectivity index (χ1n) is 9.49. The van der Waals surface area contributed by atoms with Gasteiger partial charge in [-0.2, -0.15) is 0 Å². The number of cyclic esters (lactones) is 1. The van der Waals surface area contributed by atoms with Crippen LogP contribution in [0.5, 0.6) is 0 Å². The van der Waals surface area contributed by atoms with Crippen molar-refractivity contribution in [3.05, 3.63) is 58.7 Å². The van der Waals surface area contributed by atoms with Crippen LogP contribution in [0.4, 0.5) is 0 Å². The summed E-state index contributed by atoms with van der Waals surface area (Å²) in [6.45, 7) is 4.10. The maximum Gasteiger partial charge on any atom is 0.338 e. The zero-order chi connectivity index (χ0) is 20.4. The molecule has 1 aromatic rings. The number of carbonyl (C=O) groups is 2. The molecule has 0 aliphatic carbocycles. The number of fused-ring (bicyclic) bond motifs is 1. The van der Waals surface area contributed by atoms with Crippen LogP contribution in [0, 0.1) is 13.8 Å². The Morgan fingerprint density at radius 1 is 1.18 bits per heavy atom. The van der Waals surface area contributed by atoms with Gasteiger partial charge in [0.2, 0.25) is 0 Å². The lowest BCUT2D eigenvalue weighted by Gasteiger charge is -2.14. The quantitative estimate of drug-likeness (QED) is 0.492. The fraction of sp³-hybridized carbons (Fsp3) is 0.409. The van der Waals surface area contributed by atoms with Gasteiger partial charge in [0.05, 0.1) is 17.9 Å². The van der Waals surface area contributed by atoms with Gasteiger partial charge in [-0.1, -0.05) is 41.1 Å². The molecule has 0 bridgehead atoms. The average Bonchev–Trinajstić information content (AvgIpc) is 2.65. The van der Waals surface area contributed by atoms with Gasteiger partial charge in [-0.25, -0.2) is 4.79 Å². The van der Waals surface area contributed by atoms with E-state index in [2.05, 4.69) is 16.5 Å². The molecule has 0 saturated carbocycles. The Hall–Kier alpha value is -2.89. The minimum absolute atomic E-state index is 0.154. The van der Waals surface area contributed by atoms with Gasteiger partial charge in [-0.15, -0.1) is 0 Å². The summed E-state index contributed by atoms with van der Waals surface area (Å²) < 4.78 is 5.46. The fourth-order valence-corrected chi connectivity index (χ4v) is 2.99. The minimum atomic E-state index is -0.326. The number of esters is 1. The smallest absolute Gasteiger partial charge is 0.338 e. The minimum Gasteiger partial charge on any atom is -0.462 e. The van der Waals surface area contributed by atoms with Crippen LogP contribution in [-0.2, 0) is 20.8 Å². The molecule has 2 rings (SSSR count). The molecule has 0 aromatic heterocycles. The number of likely N-dealkylation sites (N-methyl/N-ethyl adjacent to an activating group) is 1. The van der Waals surface area contributed by atoms with E-state index in [4.69, 9.17) is 9.57 Å². The molecule has 1 aliphatic rings. The average molecular weight is 384 g/mol. The number of nitrogens with zero attached hydrogens (tertiary/aromatic N) is 1. The highest BCUT2D eigenvalue weighted by atomic mass is 16.6. The normalized spacial score (nSPS) is 19.1. The van der Waals surface area contributed by atoms with Gasteiger partial charge in [0.25, 0.3) is 5.91 Å². The van der Waals surface area contributed by atoms with Gasteiger partial charge in [0.15, 0.2) is 6.61 Å². The van der Waals surface area contributed by atoms with Gasteiger partial charge in [0, 0.05) is 13.5 Å².